The second-order valence-corrected chi connectivity index (χ2v) is 7.12. The topological polar surface area (TPSA) is 54.9 Å². The van der Waals surface area contributed by atoms with Gasteiger partial charge in [0.15, 0.2) is 5.13 Å². The fraction of sp³-hybridized carbons (Fsp3) is 0.750. The normalized spacial score (nSPS) is 25.6. The lowest BCUT2D eigenvalue weighted by molar-refractivity contribution is -0.120. The lowest BCUT2D eigenvalue weighted by atomic mass is 10.1. The molecule has 1 aromatic heterocycles. The first kappa shape index (κ1) is 16.8. The highest BCUT2D eigenvalue weighted by Crippen LogP contribution is 2.22. The van der Waals surface area contributed by atoms with Crippen molar-refractivity contribution in [3.8, 4) is 0 Å². The molecule has 2 atom stereocenters. The minimum Gasteiger partial charge on any atom is -0.378 e. The summed E-state index contributed by atoms with van der Waals surface area (Å²) in [5.74, 6) is 0.118. The Morgan fingerprint density at radius 3 is 3.00 bits per heavy atom. The van der Waals surface area contributed by atoms with E-state index in [0.29, 0.717) is 13.0 Å². The number of thiazole rings is 1. The Morgan fingerprint density at radius 1 is 1.43 bits per heavy atom. The number of carbonyl (C=O) groups excluding carboxylic acids is 1. The number of nitrogens with zero attached hydrogens (tertiary/aromatic N) is 3. The molecule has 0 aliphatic carbocycles. The number of morpholine rings is 1. The molecule has 0 unspecified atom stereocenters. The Bertz CT molecular complexity index is 491. The van der Waals surface area contributed by atoms with Gasteiger partial charge in [-0.1, -0.05) is 0 Å². The van der Waals surface area contributed by atoms with Crippen LogP contribution in [0.3, 0.4) is 0 Å². The van der Waals surface area contributed by atoms with E-state index >= 15 is 0 Å². The number of carbonyl (C=O) groups is 1. The largest absolute Gasteiger partial charge is 0.378 e. The molecule has 2 aliphatic rings. The Hall–Kier alpha value is -1.02. The van der Waals surface area contributed by atoms with Crippen LogP contribution in [0.25, 0.3) is 0 Å². The van der Waals surface area contributed by atoms with E-state index in [9.17, 15) is 4.79 Å². The van der Waals surface area contributed by atoms with Crippen LogP contribution in [0.5, 0.6) is 0 Å². The average molecular weight is 339 g/mol. The van der Waals surface area contributed by atoms with Crippen molar-refractivity contribution in [3.05, 3.63) is 11.6 Å². The smallest absolute Gasteiger partial charge is 0.228 e. The maximum Gasteiger partial charge on any atom is 0.228 e. The third-order valence-corrected chi connectivity index (χ3v) is 5.18. The van der Waals surface area contributed by atoms with E-state index < -0.39 is 0 Å². The van der Waals surface area contributed by atoms with Gasteiger partial charge >= 0.3 is 0 Å². The van der Waals surface area contributed by atoms with Crippen molar-refractivity contribution in [2.75, 3.05) is 44.8 Å². The molecule has 2 fully saturated rings. The minimum absolute atomic E-state index is 0.0457. The van der Waals surface area contributed by atoms with Gasteiger partial charge in [-0.3, -0.25) is 9.69 Å². The first-order valence-electron chi connectivity index (χ1n) is 8.34. The van der Waals surface area contributed by atoms with Gasteiger partial charge in [0.05, 0.1) is 25.4 Å². The van der Waals surface area contributed by atoms with Gasteiger partial charge in [-0.2, -0.15) is 0 Å². The van der Waals surface area contributed by atoms with Crippen LogP contribution in [-0.4, -0.2) is 67.9 Å². The molecule has 7 heteroatoms. The van der Waals surface area contributed by atoms with Gasteiger partial charge in [-0.15, -0.1) is 11.3 Å². The second-order valence-electron chi connectivity index (χ2n) is 6.25. The quantitative estimate of drug-likeness (QED) is 0.790. The fourth-order valence-corrected chi connectivity index (χ4v) is 3.78. The summed E-state index contributed by atoms with van der Waals surface area (Å²) in [6.07, 6.45) is 5.52. The van der Waals surface area contributed by atoms with E-state index in [1.807, 2.05) is 5.38 Å². The highest BCUT2D eigenvalue weighted by molar-refractivity contribution is 7.13. The van der Waals surface area contributed by atoms with Gasteiger partial charge in [0.2, 0.25) is 5.91 Å². The summed E-state index contributed by atoms with van der Waals surface area (Å²) in [5, 5.41) is 2.67. The van der Waals surface area contributed by atoms with E-state index in [2.05, 4.69) is 16.9 Å². The molecule has 2 aliphatic heterocycles. The maximum absolute atomic E-state index is 12.7. The molecule has 23 heavy (non-hydrogen) atoms. The van der Waals surface area contributed by atoms with Gasteiger partial charge < -0.3 is 14.4 Å². The number of rotatable bonds is 6. The summed E-state index contributed by atoms with van der Waals surface area (Å²) in [7, 11) is 2.09. The zero-order chi connectivity index (χ0) is 16.1. The number of likely N-dealkylation sites (N-methyl/N-ethyl adjacent to an activating group) is 1. The molecule has 6 nitrogen and oxygen atoms in total. The van der Waals surface area contributed by atoms with Crippen molar-refractivity contribution < 1.29 is 14.3 Å². The number of aromatic nitrogens is 1. The summed E-state index contributed by atoms with van der Waals surface area (Å²) in [6, 6.07) is 0. The first-order chi connectivity index (χ1) is 11.2. The molecule has 0 bridgehead atoms. The van der Waals surface area contributed by atoms with Crippen LogP contribution in [0.2, 0.25) is 0 Å². The Balaban J connectivity index is 1.59. The summed E-state index contributed by atoms with van der Waals surface area (Å²) in [5.41, 5.74) is 0. The Labute approximate surface area is 141 Å². The summed E-state index contributed by atoms with van der Waals surface area (Å²) < 4.78 is 11.4. The van der Waals surface area contributed by atoms with Crippen LogP contribution < -0.4 is 4.90 Å². The van der Waals surface area contributed by atoms with E-state index in [1.54, 1.807) is 11.1 Å². The number of hydrogen-bond donors (Lipinski definition) is 0. The molecule has 3 heterocycles. The third-order valence-electron chi connectivity index (χ3n) is 4.38. The van der Waals surface area contributed by atoms with E-state index in [1.165, 1.54) is 11.3 Å². The Morgan fingerprint density at radius 2 is 2.30 bits per heavy atom. The molecule has 3 rings (SSSR count). The molecular weight excluding hydrogens is 314 g/mol. The lowest BCUT2D eigenvalue weighted by Gasteiger charge is -2.33. The zero-order valence-electron chi connectivity index (χ0n) is 13.6. The molecule has 0 radical (unpaired) electrons. The minimum atomic E-state index is 0.0457. The van der Waals surface area contributed by atoms with Crippen molar-refractivity contribution in [2.24, 2.45) is 0 Å². The average Bonchev–Trinajstić information content (AvgIpc) is 3.23. The number of hydrogen-bond acceptors (Lipinski definition) is 6. The molecule has 0 spiro atoms. The van der Waals surface area contributed by atoms with Gasteiger partial charge in [0.1, 0.15) is 0 Å². The highest BCUT2D eigenvalue weighted by atomic mass is 32.1. The molecule has 0 aromatic carbocycles. The number of anilines is 1. The molecule has 0 saturated carbocycles. The summed E-state index contributed by atoms with van der Waals surface area (Å²) in [4.78, 5) is 21.1. The van der Waals surface area contributed by atoms with Crippen molar-refractivity contribution in [2.45, 2.75) is 37.9 Å². The number of amides is 1. The van der Waals surface area contributed by atoms with Crippen molar-refractivity contribution in [3.63, 3.8) is 0 Å². The van der Waals surface area contributed by atoms with E-state index in [-0.39, 0.29) is 18.1 Å². The molecule has 1 aromatic rings. The maximum atomic E-state index is 12.7. The summed E-state index contributed by atoms with van der Waals surface area (Å²) in [6.45, 7) is 3.91. The van der Waals surface area contributed by atoms with Crippen LogP contribution in [0.15, 0.2) is 11.6 Å². The van der Waals surface area contributed by atoms with E-state index in [0.717, 1.165) is 50.7 Å². The van der Waals surface area contributed by atoms with Crippen LogP contribution in [0.1, 0.15) is 25.7 Å². The summed E-state index contributed by atoms with van der Waals surface area (Å²) >= 11 is 1.50. The van der Waals surface area contributed by atoms with E-state index in [4.69, 9.17) is 9.47 Å². The second kappa shape index (κ2) is 8.19. The molecular formula is C16H25N3O3S. The lowest BCUT2D eigenvalue weighted by Crippen LogP contribution is -2.47. The molecule has 2 saturated heterocycles. The predicted molar refractivity (Wildman–Crippen MR) is 89.9 cm³/mol. The molecule has 0 N–H and O–H groups in total. The highest BCUT2D eigenvalue weighted by Gasteiger charge is 2.27. The van der Waals surface area contributed by atoms with Crippen molar-refractivity contribution in [1.29, 1.82) is 0 Å². The van der Waals surface area contributed by atoms with Crippen LogP contribution in [0.4, 0.5) is 5.13 Å². The molecule has 1 amide bonds. The zero-order valence-corrected chi connectivity index (χ0v) is 14.5. The van der Waals surface area contributed by atoms with Gasteiger partial charge in [0, 0.05) is 37.7 Å². The van der Waals surface area contributed by atoms with Crippen LogP contribution in [0, 0.1) is 0 Å². The van der Waals surface area contributed by atoms with Crippen LogP contribution >= 0.6 is 11.3 Å². The van der Waals surface area contributed by atoms with Gasteiger partial charge in [0.25, 0.3) is 0 Å². The third kappa shape index (κ3) is 4.73. The Kier molecular flexibility index (Phi) is 5.99. The van der Waals surface area contributed by atoms with Gasteiger partial charge in [-0.05, 0) is 26.3 Å². The molecule has 128 valence electrons. The SMILES string of the molecule is CN1CCO[C@@H](CN(C(=O)CC[C@@H]2CCCO2)c2nccs2)C1. The van der Waals surface area contributed by atoms with Gasteiger partial charge in [-0.25, -0.2) is 4.98 Å². The monoisotopic (exact) mass is 339 g/mol. The number of ether oxygens (including phenoxy) is 2. The standard InChI is InChI=1S/C16H25N3O3S/c1-18-7-9-22-14(11-18)12-19(16-17-6-10-23-16)15(20)5-4-13-3-2-8-21-13/h6,10,13-14H,2-5,7-9,11-12H2,1H3/t13-,14+/m0/s1. The fourth-order valence-electron chi connectivity index (χ4n) is 3.11. The predicted octanol–water partition coefficient (Wildman–Crippen LogP) is 1.77. The van der Waals surface area contributed by atoms with Crippen molar-refractivity contribution in [1.82, 2.24) is 9.88 Å². The van der Waals surface area contributed by atoms with Crippen molar-refractivity contribution >= 4 is 22.4 Å². The first-order valence-corrected chi connectivity index (χ1v) is 9.22. The van der Waals surface area contributed by atoms with Crippen LogP contribution in [-0.2, 0) is 14.3 Å².